The van der Waals surface area contributed by atoms with Crippen molar-refractivity contribution < 1.29 is 0 Å². The highest BCUT2D eigenvalue weighted by Gasteiger charge is 2.02. The van der Waals surface area contributed by atoms with Crippen LogP contribution in [0.5, 0.6) is 0 Å². The summed E-state index contributed by atoms with van der Waals surface area (Å²) in [7, 11) is 0. The molecule has 1 aromatic carbocycles. The predicted molar refractivity (Wildman–Crippen MR) is 54.9 cm³/mol. The highest BCUT2D eigenvalue weighted by atomic mass is 15.0. The van der Waals surface area contributed by atoms with E-state index in [4.69, 9.17) is 11.0 Å². The summed E-state index contributed by atoms with van der Waals surface area (Å²) in [6, 6.07) is 11.8. The third-order valence-corrected chi connectivity index (χ3v) is 2.03. The van der Waals surface area contributed by atoms with Gasteiger partial charge in [-0.3, -0.25) is 0 Å². The lowest BCUT2D eigenvalue weighted by Crippen LogP contribution is -1.88. The maximum absolute atomic E-state index is 8.74. The van der Waals surface area contributed by atoms with Gasteiger partial charge in [0.05, 0.1) is 11.3 Å². The van der Waals surface area contributed by atoms with Crippen LogP contribution in [0.2, 0.25) is 0 Å². The quantitative estimate of drug-likeness (QED) is 0.734. The van der Waals surface area contributed by atoms with Crippen LogP contribution >= 0.6 is 0 Å². The van der Waals surface area contributed by atoms with Gasteiger partial charge in [-0.1, -0.05) is 18.2 Å². The second-order valence-electron chi connectivity index (χ2n) is 2.98. The fourth-order valence-electron chi connectivity index (χ4n) is 1.31. The molecule has 0 atom stereocenters. The van der Waals surface area contributed by atoms with Crippen molar-refractivity contribution in [3.05, 3.63) is 48.3 Å². The van der Waals surface area contributed by atoms with Crippen LogP contribution in [0.4, 0.5) is 5.69 Å². The molecule has 2 aromatic rings. The molecule has 3 nitrogen and oxygen atoms in total. The number of benzene rings is 1. The maximum atomic E-state index is 8.74. The molecule has 0 saturated carbocycles. The van der Waals surface area contributed by atoms with Gasteiger partial charge in [-0.05, 0) is 12.1 Å². The molecule has 2 rings (SSSR count). The molecule has 0 saturated heterocycles. The lowest BCUT2D eigenvalue weighted by atomic mass is 10.3. The van der Waals surface area contributed by atoms with E-state index >= 15 is 0 Å². The highest BCUT2D eigenvalue weighted by molar-refractivity contribution is 5.55. The molecule has 0 bridgehead atoms. The molecular weight excluding hydrogens is 174 g/mol. The van der Waals surface area contributed by atoms with E-state index in [2.05, 4.69) is 0 Å². The van der Waals surface area contributed by atoms with Crippen LogP contribution in [-0.2, 0) is 0 Å². The van der Waals surface area contributed by atoms with Gasteiger partial charge in [0.1, 0.15) is 6.07 Å². The van der Waals surface area contributed by atoms with Gasteiger partial charge in [0.2, 0.25) is 0 Å². The Morgan fingerprint density at radius 2 is 1.86 bits per heavy atom. The Labute approximate surface area is 82.0 Å². The summed E-state index contributed by atoms with van der Waals surface area (Å²) in [6.45, 7) is 0. The van der Waals surface area contributed by atoms with Crippen LogP contribution < -0.4 is 5.73 Å². The van der Waals surface area contributed by atoms with Crippen LogP contribution in [0.15, 0.2) is 42.7 Å². The molecule has 1 aromatic heterocycles. The number of nitriles is 1. The summed E-state index contributed by atoms with van der Waals surface area (Å²) in [4.78, 5) is 0. The molecule has 1 heterocycles. The van der Waals surface area contributed by atoms with E-state index < -0.39 is 0 Å². The zero-order valence-corrected chi connectivity index (χ0v) is 7.51. The average Bonchev–Trinajstić information content (AvgIpc) is 2.61. The SMILES string of the molecule is N#Cc1cn(-c2ccccc2)cc1N. The van der Waals surface area contributed by atoms with E-state index in [9.17, 15) is 0 Å². The fourth-order valence-corrected chi connectivity index (χ4v) is 1.31. The van der Waals surface area contributed by atoms with Gasteiger partial charge < -0.3 is 10.3 Å². The van der Waals surface area contributed by atoms with Crippen molar-refractivity contribution in [3.8, 4) is 11.8 Å². The van der Waals surface area contributed by atoms with Crippen molar-refractivity contribution >= 4 is 5.69 Å². The number of hydrogen-bond donors (Lipinski definition) is 1. The van der Waals surface area contributed by atoms with Crippen molar-refractivity contribution in [2.24, 2.45) is 0 Å². The van der Waals surface area contributed by atoms with E-state index in [1.54, 1.807) is 12.4 Å². The predicted octanol–water partition coefficient (Wildman–Crippen LogP) is 1.93. The zero-order chi connectivity index (χ0) is 9.97. The Kier molecular flexibility index (Phi) is 1.96. The molecule has 68 valence electrons. The van der Waals surface area contributed by atoms with Gasteiger partial charge in [-0.2, -0.15) is 5.26 Å². The van der Waals surface area contributed by atoms with Crippen molar-refractivity contribution in [2.45, 2.75) is 0 Å². The normalized spacial score (nSPS) is 9.64. The van der Waals surface area contributed by atoms with Gasteiger partial charge in [0.15, 0.2) is 0 Å². The number of hydrogen-bond acceptors (Lipinski definition) is 2. The van der Waals surface area contributed by atoms with Gasteiger partial charge in [-0.15, -0.1) is 0 Å². The first-order valence-electron chi connectivity index (χ1n) is 4.24. The molecule has 0 aliphatic carbocycles. The second-order valence-corrected chi connectivity index (χ2v) is 2.98. The third-order valence-electron chi connectivity index (χ3n) is 2.03. The van der Waals surface area contributed by atoms with Crippen LogP contribution in [-0.4, -0.2) is 4.57 Å². The van der Waals surface area contributed by atoms with Gasteiger partial charge in [0.25, 0.3) is 0 Å². The van der Waals surface area contributed by atoms with Crippen molar-refractivity contribution in [3.63, 3.8) is 0 Å². The van der Waals surface area contributed by atoms with Crippen LogP contribution in [0.3, 0.4) is 0 Å². The number of para-hydroxylation sites is 1. The molecule has 0 aliphatic heterocycles. The Hall–Kier alpha value is -2.21. The molecule has 0 amide bonds. The highest BCUT2D eigenvalue weighted by Crippen LogP contribution is 2.16. The topological polar surface area (TPSA) is 54.7 Å². The van der Waals surface area contributed by atoms with E-state index in [1.807, 2.05) is 41.0 Å². The lowest BCUT2D eigenvalue weighted by molar-refractivity contribution is 1.08. The van der Waals surface area contributed by atoms with Gasteiger partial charge >= 0.3 is 0 Å². The first kappa shape index (κ1) is 8.39. The number of rotatable bonds is 1. The monoisotopic (exact) mass is 183 g/mol. The molecule has 3 heteroatoms. The number of nitrogen functional groups attached to an aromatic ring is 1. The Balaban J connectivity index is 2.50. The molecule has 2 N–H and O–H groups in total. The third kappa shape index (κ3) is 1.34. The molecule has 0 fully saturated rings. The molecule has 0 aliphatic rings. The summed E-state index contributed by atoms with van der Waals surface area (Å²) in [5, 5.41) is 8.74. The first-order valence-corrected chi connectivity index (χ1v) is 4.24. The van der Waals surface area contributed by atoms with Crippen LogP contribution in [0, 0.1) is 11.3 Å². The maximum Gasteiger partial charge on any atom is 0.103 e. The molecular formula is C11H9N3. The minimum Gasteiger partial charge on any atom is -0.396 e. The Morgan fingerprint density at radius 1 is 1.14 bits per heavy atom. The van der Waals surface area contributed by atoms with Crippen molar-refractivity contribution in [2.75, 3.05) is 5.73 Å². The average molecular weight is 183 g/mol. The minimum absolute atomic E-state index is 0.508. The van der Waals surface area contributed by atoms with Crippen LogP contribution in [0.1, 0.15) is 5.56 Å². The van der Waals surface area contributed by atoms with E-state index in [1.165, 1.54) is 0 Å². The number of nitrogens with zero attached hydrogens (tertiary/aromatic N) is 2. The number of anilines is 1. The molecule has 14 heavy (non-hydrogen) atoms. The van der Waals surface area contributed by atoms with E-state index in [0.29, 0.717) is 11.3 Å². The largest absolute Gasteiger partial charge is 0.396 e. The van der Waals surface area contributed by atoms with Crippen molar-refractivity contribution in [1.82, 2.24) is 4.57 Å². The standard InChI is InChI=1S/C11H9N3/c12-6-9-7-14(8-11(9)13)10-4-2-1-3-5-10/h1-5,7-8H,13H2. The number of aromatic nitrogens is 1. The van der Waals surface area contributed by atoms with Crippen LogP contribution in [0.25, 0.3) is 5.69 Å². The summed E-state index contributed by atoms with van der Waals surface area (Å²) in [5.41, 5.74) is 7.67. The summed E-state index contributed by atoms with van der Waals surface area (Å²) < 4.78 is 1.84. The van der Waals surface area contributed by atoms with E-state index in [0.717, 1.165) is 5.69 Å². The van der Waals surface area contributed by atoms with E-state index in [-0.39, 0.29) is 0 Å². The summed E-state index contributed by atoms with van der Waals surface area (Å²) in [5.74, 6) is 0. The zero-order valence-electron chi connectivity index (χ0n) is 7.51. The number of nitrogens with two attached hydrogens (primary N) is 1. The summed E-state index contributed by atoms with van der Waals surface area (Å²) >= 11 is 0. The summed E-state index contributed by atoms with van der Waals surface area (Å²) in [6.07, 6.45) is 3.47. The molecule has 0 spiro atoms. The van der Waals surface area contributed by atoms with Gasteiger partial charge in [-0.25, -0.2) is 0 Å². The second kappa shape index (κ2) is 3.27. The molecule has 0 radical (unpaired) electrons. The Morgan fingerprint density at radius 3 is 2.43 bits per heavy atom. The Bertz CT molecular complexity index is 477. The molecule has 0 unspecified atom stereocenters. The lowest BCUT2D eigenvalue weighted by Gasteiger charge is -1.99. The fraction of sp³-hybridized carbons (Fsp3) is 0. The van der Waals surface area contributed by atoms with Gasteiger partial charge in [0, 0.05) is 18.1 Å². The van der Waals surface area contributed by atoms with Crippen molar-refractivity contribution in [1.29, 1.82) is 5.26 Å². The smallest absolute Gasteiger partial charge is 0.103 e. The first-order chi connectivity index (χ1) is 6.81. The minimum atomic E-state index is 0.508.